The summed E-state index contributed by atoms with van der Waals surface area (Å²) in [7, 11) is 0. The second kappa shape index (κ2) is 10.5. The Balaban J connectivity index is 1.33. The first-order valence-electron chi connectivity index (χ1n) is 11.2. The molecule has 2 heterocycles. The van der Waals surface area contributed by atoms with Gasteiger partial charge in [-0.25, -0.2) is 0 Å². The maximum absolute atomic E-state index is 13.1. The molecular formula is C24H30N4O4. The number of amides is 2. The zero-order chi connectivity index (χ0) is 22.3. The number of nitrogens with zero attached hydrogens (tertiary/aromatic N) is 3. The molecule has 1 saturated carbocycles. The second-order valence-electron chi connectivity index (χ2n) is 8.15. The predicted molar refractivity (Wildman–Crippen MR) is 120 cm³/mol. The monoisotopic (exact) mass is 438 g/mol. The third-order valence-corrected chi connectivity index (χ3v) is 5.60. The summed E-state index contributed by atoms with van der Waals surface area (Å²) in [5.74, 6) is 1.21. The van der Waals surface area contributed by atoms with Crippen molar-refractivity contribution in [1.29, 1.82) is 0 Å². The van der Waals surface area contributed by atoms with Crippen LogP contribution < -0.4 is 14.8 Å². The van der Waals surface area contributed by atoms with Crippen LogP contribution in [0.2, 0.25) is 0 Å². The Morgan fingerprint density at radius 1 is 1.03 bits per heavy atom. The molecule has 8 nitrogen and oxygen atoms in total. The molecular weight excluding hydrogens is 408 g/mol. The van der Waals surface area contributed by atoms with Crippen molar-refractivity contribution in [2.45, 2.75) is 32.4 Å². The number of rotatable bonds is 9. The minimum absolute atomic E-state index is 0.0336. The highest BCUT2D eigenvalue weighted by molar-refractivity contribution is 5.95. The summed E-state index contributed by atoms with van der Waals surface area (Å²) in [5, 5.41) is 3.02. The van der Waals surface area contributed by atoms with Gasteiger partial charge in [0.1, 0.15) is 6.61 Å². The van der Waals surface area contributed by atoms with E-state index in [2.05, 4.69) is 15.2 Å². The smallest absolute Gasteiger partial charge is 0.254 e. The van der Waals surface area contributed by atoms with Gasteiger partial charge in [-0.1, -0.05) is 0 Å². The van der Waals surface area contributed by atoms with Crippen LogP contribution in [-0.2, 0) is 11.4 Å². The largest absolute Gasteiger partial charge is 0.490 e. The lowest BCUT2D eigenvalue weighted by molar-refractivity contribution is -0.122. The van der Waals surface area contributed by atoms with E-state index in [9.17, 15) is 9.59 Å². The fourth-order valence-electron chi connectivity index (χ4n) is 3.66. The number of aromatic nitrogens is 1. The van der Waals surface area contributed by atoms with E-state index < -0.39 is 0 Å². The standard InChI is InChI=1S/C24H30N4O4/c1-2-31-22-15-19(3-6-21(22)32-17-18-7-9-25-10-8-18)24(30)28-13-11-27(12-14-28)16-23(29)26-20-4-5-20/h3,6-10,15,20H,2,4-5,11-14,16-17H2,1H3,(H,26,29). The summed E-state index contributed by atoms with van der Waals surface area (Å²) >= 11 is 0. The van der Waals surface area contributed by atoms with Crippen LogP contribution in [-0.4, -0.2) is 72.0 Å². The Morgan fingerprint density at radius 3 is 2.47 bits per heavy atom. The van der Waals surface area contributed by atoms with E-state index in [1.165, 1.54) is 0 Å². The minimum Gasteiger partial charge on any atom is -0.490 e. The Morgan fingerprint density at radius 2 is 1.78 bits per heavy atom. The van der Waals surface area contributed by atoms with Crippen LogP contribution in [0.1, 0.15) is 35.7 Å². The van der Waals surface area contributed by atoms with Gasteiger partial charge in [-0.3, -0.25) is 19.5 Å². The number of benzene rings is 1. The summed E-state index contributed by atoms with van der Waals surface area (Å²) in [4.78, 5) is 33.0. The van der Waals surface area contributed by atoms with Crippen molar-refractivity contribution in [1.82, 2.24) is 20.1 Å². The highest BCUT2D eigenvalue weighted by atomic mass is 16.5. The maximum atomic E-state index is 13.1. The van der Waals surface area contributed by atoms with E-state index in [1.807, 2.05) is 24.0 Å². The van der Waals surface area contributed by atoms with Crippen LogP contribution in [0.25, 0.3) is 0 Å². The van der Waals surface area contributed by atoms with Gasteiger partial charge in [0, 0.05) is 50.2 Å². The lowest BCUT2D eigenvalue weighted by Gasteiger charge is -2.34. The Hall–Kier alpha value is -3.13. The van der Waals surface area contributed by atoms with Crippen LogP contribution in [0, 0.1) is 0 Å². The normalized spacial score (nSPS) is 16.5. The maximum Gasteiger partial charge on any atom is 0.254 e. The van der Waals surface area contributed by atoms with Gasteiger partial charge in [0.05, 0.1) is 13.2 Å². The number of nitrogens with one attached hydrogen (secondary N) is 1. The predicted octanol–water partition coefficient (Wildman–Crippen LogP) is 2.10. The van der Waals surface area contributed by atoms with Crippen molar-refractivity contribution in [3.63, 3.8) is 0 Å². The molecule has 2 fully saturated rings. The second-order valence-corrected chi connectivity index (χ2v) is 8.15. The van der Waals surface area contributed by atoms with Crippen LogP contribution in [0.15, 0.2) is 42.7 Å². The van der Waals surface area contributed by atoms with Crippen LogP contribution in [0.4, 0.5) is 0 Å². The number of hydrogen-bond acceptors (Lipinski definition) is 6. The number of carbonyl (C=O) groups excluding carboxylic acids is 2. The molecule has 1 aliphatic carbocycles. The summed E-state index contributed by atoms with van der Waals surface area (Å²) in [6, 6.07) is 9.49. The molecule has 1 aliphatic heterocycles. The molecule has 2 aliphatic rings. The van der Waals surface area contributed by atoms with Crippen molar-refractivity contribution < 1.29 is 19.1 Å². The molecule has 1 aromatic carbocycles. The van der Waals surface area contributed by atoms with Gasteiger partial charge in [0.2, 0.25) is 5.91 Å². The molecule has 1 aromatic heterocycles. The Bertz CT molecular complexity index is 925. The molecule has 0 radical (unpaired) electrons. The minimum atomic E-state index is -0.0336. The highest BCUT2D eigenvalue weighted by Gasteiger charge is 2.27. The lowest BCUT2D eigenvalue weighted by Crippen LogP contribution is -2.51. The summed E-state index contributed by atoms with van der Waals surface area (Å²) in [5.41, 5.74) is 1.58. The number of piperazine rings is 1. The van der Waals surface area contributed by atoms with E-state index in [0.29, 0.717) is 69.0 Å². The van der Waals surface area contributed by atoms with Gasteiger partial charge in [0.25, 0.3) is 5.91 Å². The van der Waals surface area contributed by atoms with Crippen molar-refractivity contribution in [2.24, 2.45) is 0 Å². The molecule has 8 heteroatoms. The van der Waals surface area contributed by atoms with E-state index in [0.717, 1.165) is 18.4 Å². The molecule has 2 amide bonds. The zero-order valence-corrected chi connectivity index (χ0v) is 18.5. The van der Waals surface area contributed by atoms with Crippen molar-refractivity contribution in [3.05, 3.63) is 53.9 Å². The lowest BCUT2D eigenvalue weighted by atomic mass is 10.1. The number of carbonyl (C=O) groups is 2. The van der Waals surface area contributed by atoms with Crippen LogP contribution in [0.3, 0.4) is 0 Å². The summed E-state index contributed by atoms with van der Waals surface area (Å²) in [6.07, 6.45) is 5.63. The molecule has 0 spiro atoms. The van der Waals surface area contributed by atoms with E-state index in [1.54, 1.807) is 30.6 Å². The Labute approximate surface area is 188 Å². The molecule has 0 atom stereocenters. The number of hydrogen-bond donors (Lipinski definition) is 1. The van der Waals surface area contributed by atoms with Crippen molar-refractivity contribution in [3.8, 4) is 11.5 Å². The van der Waals surface area contributed by atoms with Crippen LogP contribution >= 0.6 is 0 Å². The topological polar surface area (TPSA) is 84.0 Å². The van der Waals surface area contributed by atoms with Crippen molar-refractivity contribution >= 4 is 11.8 Å². The Kier molecular flexibility index (Phi) is 7.21. The van der Waals surface area contributed by atoms with Gasteiger partial charge in [-0.2, -0.15) is 0 Å². The van der Waals surface area contributed by atoms with E-state index in [-0.39, 0.29) is 11.8 Å². The third kappa shape index (κ3) is 5.97. The number of ether oxygens (including phenoxy) is 2. The van der Waals surface area contributed by atoms with Gasteiger partial charge in [0.15, 0.2) is 11.5 Å². The van der Waals surface area contributed by atoms with Gasteiger partial charge < -0.3 is 19.7 Å². The fourth-order valence-corrected chi connectivity index (χ4v) is 3.66. The summed E-state index contributed by atoms with van der Waals surface area (Å²) in [6.45, 7) is 5.75. The first-order chi connectivity index (χ1) is 15.6. The average molecular weight is 439 g/mol. The highest BCUT2D eigenvalue weighted by Crippen LogP contribution is 2.30. The first-order valence-corrected chi connectivity index (χ1v) is 11.2. The third-order valence-electron chi connectivity index (χ3n) is 5.60. The zero-order valence-electron chi connectivity index (χ0n) is 18.5. The van der Waals surface area contributed by atoms with E-state index in [4.69, 9.17) is 9.47 Å². The fraction of sp³-hybridized carbons (Fsp3) is 0.458. The van der Waals surface area contributed by atoms with Crippen molar-refractivity contribution in [2.75, 3.05) is 39.3 Å². The van der Waals surface area contributed by atoms with Crippen LogP contribution in [0.5, 0.6) is 11.5 Å². The van der Waals surface area contributed by atoms with Gasteiger partial charge in [-0.15, -0.1) is 0 Å². The average Bonchev–Trinajstić information content (AvgIpc) is 3.63. The van der Waals surface area contributed by atoms with Gasteiger partial charge in [-0.05, 0) is 55.7 Å². The molecule has 32 heavy (non-hydrogen) atoms. The molecule has 1 N–H and O–H groups in total. The SMILES string of the molecule is CCOc1cc(C(=O)N2CCN(CC(=O)NC3CC3)CC2)ccc1OCc1ccncc1. The number of pyridine rings is 1. The van der Waals surface area contributed by atoms with Gasteiger partial charge >= 0.3 is 0 Å². The molecule has 4 rings (SSSR count). The molecule has 0 unspecified atom stereocenters. The molecule has 170 valence electrons. The quantitative estimate of drug-likeness (QED) is 0.646. The van der Waals surface area contributed by atoms with E-state index >= 15 is 0 Å². The first kappa shape index (κ1) is 22.1. The molecule has 2 aromatic rings. The molecule has 1 saturated heterocycles. The molecule has 0 bridgehead atoms. The summed E-state index contributed by atoms with van der Waals surface area (Å²) < 4.78 is 11.7.